The molecule has 1 heterocycles. The summed E-state index contributed by atoms with van der Waals surface area (Å²) in [6.07, 6.45) is 0.521. The fourth-order valence-electron chi connectivity index (χ4n) is 2.98. The number of hydrogen-bond donors (Lipinski definition) is 1. The van der Waals surface area contributed by atoms with Gasteiger partial charge in [0.25, 0.3) is 5.91 Å². The third-order valence-electron chi connectivity index (χ3n) is 4.59. The molecule has 1 saturated heterocycles. The summed E-state index contributed by atoms with van der Waals surface area (Å²) in [5.41, 5.74) is 1.06. The Bertz CT molecular complexity index is 962. The van der Waals surface area contributed by atoms with Crippen LogP contribution in [0, 0.1) is 12.7 Å². The summed E-state index contributed by atoms with van der Waals surface area (Å²) in [7, 11) is -2.14. The molecule has 0 radical (unpaired) electrons. The smallest absolute Gasteiger partial charge is 0.255 e. The van der Waals surface area contributed by atoms with Gasteiger partial charge in [0, 0.05) is 31.5 Å². The van der Waals surface area contributed by atoms with E-state index in [-0.39, 0.29) is 22.4 Å². The zero-order chi connectivity index (χ0) is 19.6. The Labute approximate surface area is 158 Å². The minimum Gasteiger partial charge on any atom is -0.380 e. The second-order valence-corrected chi connectivity index (χ2v) is 8.39. The second kappa shape index (κ2) is 7.75. The molecule has 0 spiro atoms. The zero-order valence-corrected chi connectivity index (χ0v) is 15.9. The highest BCUT2D eigenvalue weighted by Crippen LogP contribution is 2.23. The molecular formula is C19H21FN2O4S. The van der Waals surface area contributed by atoms with Crippen molar-refractivity contribution >= 4 is 21.6 Å². The molecule has 1 N–H and O–H groups in total. The van der Waals surface area contributed by atoms with E-state index in [1.807, 2.05) is 0 Å². The topological polar surface area (TPSA) is 75.7 Å². The Hall–Kier alpha value is -2.29. The summed E-state index contributed by atoms with van der Waals surface area (Å²) in [6.45, 7) is 2.28. The summed E-state index contributed by atoms with van der Waals surface area (Å²) < 4.78 is 45.6. The molecule has 2 aromatic rings. The van der Waals surface area contributed by atoms with Crippen LogP contribution in [-0.2, 0) is 14.8 Å². The van der Waals surface area contributed by atoms with Crippen molar-refractivity contribution in [1.29, 1.82) is 0 Å². The van der Waals surface area contributed by atoms with Crippen LogP contribution in [0.2, 0.25) is 0 Å². The number of carbonyl (C=O) groups is 1. The Kier molecular flexibility index (Phi) is 5.59. The summed E-state index contributed by atoms with van der Waals surface area (Å²) in [5.74, 6) is -0.824. The number of methoxy groups -OCH3 is 1. The van der Waals surface area contributed by atoms with E-state index in [1.165, 1.54) is 46.8 Å². The predicted octanol–water partition coefficient (Wildman–Crippen LogP) is 2.80. The molecule has 0 aromatic heterocycles. The Morgan fingerprint density at radius 3 is 2.70 bits per heavy atom. The van der Waals surface area contributed by atoms with E-state index in [0.29, 0.717) is 30.8 Å². The number of carbonyl (C=O) groups excluding carboxylic acids is 1. The van der Waals surface area contributed by atoms with Gasteiger partial charge in [-0.2, -0.15) is 4.31 Å². The maximum atomic E-state index is 13.4. The van der Waals surface area contributed by atoms with Gasteiger partial charge in [-0.15, -0.1) is 0 Å². The van der Waals surface area contributed by atoms with Gasteiger partial charge in [-0.3, -0.25) is 4.79 Å². The second-order valence-electron chi connectivity index (χ2n) is 6.46. The van der Waals surface area contributed by atoms with Crippen molar-refractivity contribution in [2.24, 2.45) is 0 Å². The van der Waals surface area contributed by atoms with Crippen molar-refractivity contribution in [3.8, 4) is 0 Å². The van der Waals surface area contributed by atoms with E-state index in [9.17, 15) is 17.6 Å². The average molecular weight is 392 g/mol. The van der Waals surface area contributed by atoms with Crippen molar-refractivity contribution in [1.82, 2.24) is 4.31 Å². The first kappa shape index (κ1) is 19.5. The number of rotatable bonds is 5. The summed E-state index contributed by atoms with van der Waals surface area (Å²) in [5, 5.41) is 2.66. The first-order valence-corrected chi connectivity index (χ1v) is 9.96. The molecule has 0 aliphatic carbocycles. The first-order valence-electron chi connectivity index (χ1n) is 8.52. The van der Waals surface area contributed by atoms with Gasteiger partial charge in [0.2, 0.25) is 10.0 Å². The zero-order valence-electron chi connectivity index (χ0n) is 15.1. The van der Waals surface area contributed by atoms with Crippen LogP contribution in [0.15, 0.2) is 47.4 Å². The number of amides is 1. The normalized spacial score (nSPS) is 17.8. The SMILES string of the molecule is COC1CCN(S(=O)(=O)c2cccc(C(=O)Nc3ccc(F)c(C)c3)c2)C1. The van der Waals surface area contributed by atoms with Gasteiger partial charge in [-0.25, -0.2) is 12.8 Å². The standard InChI is InChI=1S/C19H21FN2O4S/c1-13-10-15(6-7-18(13)20)21-19(23)14-4-3-5-17(11-14)27(24,25)22-9-8-16(12-22)26-2/h3-7,10-11,16H,8-9,12H2,1-2H3,(H,21,23). The van der Waals surface area contributed by atoms with Crippen LogP contribution in [0.4, 0.5) is 10.1 Å². The highest BCUT2D eigenvalue weighted by molar-refractivity contribution is 7.89. The third-order valence-corrected chi connectivity index (χ3v) is 6.45. The fourth-order valence-corrected chi connectivity index (χ4v) is 4.51. The molecule has 3 rings (SSSR count). The fraction of sp³-hybridized carbons (Fsp3) is 0.316. The van der Waals surface area contributed by atoms with E-state index in [1.54, 1.807) is 14.0 Å². The van der Waals surface area contributed by atoms with Gasteiger partial charge in [0.05, 0.1) is 11.0 Å². The van der Waals surface area contributed by atoms with E-state index in [4.69, 9.17) is 4.74 Å². The minimum absolute atomic E-state index is 0.0576. The van der Waals surface area contributed by atoms with E-state index in [2.05, 4.69) is 5.32 Å². The number of nitrogens with zero attached hydrogens (tertiary/aromatic N) is 1. The molecule has 6 nitrogen and oxygen atoms in total. The largest absolute Gasteiger partial charge is 0.380 e. The maximum Gasteiger partial charge on any atom is 0.255 e. The molecular weight excluding hydrogens is 371 g/mol. The van der Waals surface area contributed by atoms with Crippen LogP contribution in [0.1, 0.15) is 22.3 Å². The van der Waals surface area contributed by atoms with E-state index in [0.717, 1.165) is 0 Å². The molecule has 1 amide bonds. The number of anilines is 1. The van der Waals surface area contributed by atoms with Crippen molar-refractivity contribution in [2.45, 2.75) is 24.3 Å². The number of aryl methyl sites for hydroxylation is 1. The number of hydrogen-bond acceptors (Lipinski definition) is 4. The van der Waals surface area contributed by atoms with Gasteiger partial charge >= 0.3 is 0 Å². The number of nitrogens with one attached hydrogen (secondary N) is 1. The van der Waals surface area contributed by atoms with Crippen LogP contribution < -0.4 is 5.32 Å². The molecule has 2 aromatic carbocycles. The molecule has 1 fully saturated rings. The quantitative estimate of drug-likeness (QED) is 0.849. The number of halogens is 1. The lowest BCUT2D eigenvalue weighted by molar-refractivity contribution is 0.102. The van der Waals surface area contributed by atoms with Crippen molar-refractivity contribution in [3.63, 3.8) is 0 Å². The first-order chi connectivity index (χ1) is 12.8. The molecule has 1 atom stereocenters. The lowest BCUT2D eigenvalue weighted by Crippen LogP contribution is -2.30. The maximum absolute atomic E-state index is 13.4. The molecule has 0 bridgehead atoms. The van der Waals surface area contributed by atoms with Crippen LogP contribution >= 0.6 is 0 Å². The van der Waals surface area contributed by atoms with Crippen LogP contribution in [0.25, 0.3) is 0 Å². The molecule has 1 aliphatic heterocycles. The van der Waals surface area contributed by atoms with Gasteiger partial charge in [0.1, 0.15) is 5.82 Å². The third kappa shape index (κ3) is 4.18. The number of sulfonamides is 1. The lowest BCUT2D eigenvalue weighted by Gasteiger charge is -2.17. The monoisotopic (exact) mass is 392 g/mol. The minimum atomic E-state index is -3.70. The van der Waals surface area contributed by atoms with Crippen LogP contribution in [-0.4, -0.2) is 44.9 Å². The van der Waals surface area contributed by atoms with Crippen molar-refractivity contribution < 1.29 is 22.3 Å². The molecule has 0 saturated carbocycles. The van der Waals surface area contributed by atoms with Crippen LogP contribution in [0.5, 0.6) is 0 Å². The summed E-state index contributed by atoms with van der Waals surface area (Å²) in [6, 6.07) is 10.1. The molecule has 144 valence electrons. The van der Waals surface area contributed by atoms with Gasteiger partial charge in [-0.1, -0.05) is 6.07 Å². The molecule has 1 unspecified atom stereocenters. The summed E-state index contributed by atoms with van der Waals surface area (Å²) in [4.78, 5) is 12.5. The lowest BCUT2D eigenvalue weighted by atomic mass is 10.2. The highest BCUT2D eigenvalue weighted by Gasteiger charge is 2.32. The summed E-state index contributed by atoms with van der Waals surface area (Å²) >= 11 is 0. The predicted molar refractivity (Wildman–Crippen MR) is 99.7 cm³/mol. The number of ether oxygens (including phenoxy) is 1. The molecule has 1 aliphatic rings. The molecule has 8 heteroatoms. The van der Waals surface area contributed by atoms with Crippen LogP contribution in [0.3, 0.4) is 0 Å². The van der Waals surface area contributed by atoms with Gasteiger partial charge in [-0.05, 0) is 55.3 Å². The number of benzene rings is 2. The Morgan fingerprint density at radius 2 is 2.04 bits per heavy atom. The van der Waals surface area contributed by atoms with E-state index < -0.39 is 15.9 Å². The molecule has 27 heavy (non-hydrogen) atoms. The van der Waals surface area contributed by atoms with E-state index >= 15 is 0 Å². The highest BCUT2D eigenvalue weighted by atomic mass is 32.2. The van der Waals surface area contributed by atoms with Crippen molar-refractivity contribution in [2.75, 3.05) is 25.5 Å². The van der Waals surface area contributed by atoms with Crippen molar-refractivity contribution in [3.05, 3.63) is 59.4 Å². The average Bonchev–Trinajstić information content (AvgIpc) is 3.15. The van der Waals surface area contributed by atoms with Gasteiger partial charge < -0.3 is 10.1 Å². The van der Waals surface area contributed by atoms with Gasteiger partial charge in [0.15, 0.2) is 0 Å². The Morgan fingerprint density at radius 1 is 1.26 bits per heavy atom. The Balaban J connectivity index is 1.80.